The van der Waals surface area contributed by atoms with Crippen molar-refractivity contribution in [3.05, 3.63) is 0 Å². The number of carbonyl (C=O) groups is 1. The highest BCUT2D eigenvalue weighted by molar-refractivity contribution is 8.11. The Morgan fingerprint density at radius 2 is 2.56 bits per heavy atom. The molecule has 0 aromatic heterocycles. The van der Waals surface area contributed by atoms with Crippen LogP contribution >= 0.6 is 11.8 Å². The smallest absolute Gasteiger partial charge is 0.427 e. The maximum absolute atomic E-state index is 10.2. The monoisotopic (exact) mass is 146 g/mol. The van der Waals surface area contributed by atoms with E-state index in [2.05, 4.69) is 0 Å². The van der Waals surface area contributed by atoms with Gasteiger partial charge in [0, 0.05) is 12.2 Å². The van der Waals surface area contributed by atoms with E-state index in [1.165, 1.54) is 4.58 Å². The first-order valence-electron chi connectivity index (χ1n) is 2.75. The van der Waals surface area contributed by atoms with Crippen LogP contribution in [0.3, 0.4) is 0 Å². The molecule has 0 fully saturated rings. The van der Waals surface area contributed by atoms with E-state index in [9.17, 15) is 4.79 Å². The maximum atomic E-state index is 10.2. The van der Waals surface area contributed by atoms with Crippen molar-refractivity contribution in [2.45, 2.75) is 6.42 Å². The molecule has 1 heterocycles. The second kappa shape index (κ2) is 2.87. The van der Waals surface area contributed by atoms with Gasteiger partial charge < -0.3 is 5.11 Å². The normalized spacial score (nSPS) is 18.9. The molecule has 0 atom stereocenters. The van der Waals surface area contributed by atoms with Crippen LogP contribution in [0.25, 0.3) is 0 Å². The van der Waals surface area contributed by atoms with Gasteiger partial charge in [-0.25, -0.2) is 0 Å². The zero-order valence-electron chi connectivity index (χ0n) is 4.91. The van der Waals surface area contributed by atoms with Crippen molar-refractivity contribution in [3.8, 4) is 0 Å². The Hall–Kier alpha value is -0.510. The number of hydrogen-bond donors (Lipinski definition) is 1. The van der Waals surface area contributed by atoms with Gasteiger partial charge in [0.15, 0.2) is 6.54 Å². The van der Waals surface area contributed by atoms with Gasteiger partial charge in [-0.3, -0.25) is 0 Å². The van der Waals surface area contributed by atoms with Gasteiger partial charge in [-0.15, -0.1) is 4.58 Å². The topological polar surface area (TPSA) is 40.3 Å². The minimum Gasteiger partial charge on any atom is -0.427 e. The van der Waals surface area contributed by atoms with Gasteiger partial charge in [0.25, 0.3) is 0 Å². The van der Waals surface area contributed by atoms with Crippen molar-refractivity contribution in [2.75, 3.05) is 12.3 Å². The van der Waals surface area contributed by atoms with Crippen molar-refractivity contribution in [1.82, 2.24) is 0 Å². The van der Waals surface area contributed by atoms with E-state index in [0.29, 0.717) is 6.54 Å². The molecule has 0 spiro atoms. The molecule has 1 amide bonds. The van der Waals surface area contributed by atoms with Gasteiger partial charge in [-0.1, -0.05) is 11.8 Å². The molecule has 0 bridgehead atoms. The first-order valence-corrected chi connectivity index (χ1v) is 3.80. The van der Waals surface area contributed by atoms with Crippen molar-refractivity contribution in [1.29, 1.82) is 0 Å². The summed E-state index contributed by atoms with van der Waals surface area (Å²) in [5.41, 5.74) is 1.66. The number of nitrogens with zero attached hydrogens (tertiary/aromatic N) is 1. The average molecular weight is 146 g/mol. The number of rotatable bonds is 0. The van der Waals surface area contributed by atoms with E-state index in [0.717, 1.165) is 12.2 Å². The first kappa shape index (κ1) is 6.61. The van der Waals surface area contributed by atoms with Crippen LogP contribution in [0.1, 0.15) is 6.42 Å². The molecule has 0 aromatic rings. The lowest BCUT2D eigenvalue weighted by Crippen LogP contribution is -2.23. The zero-order valence-corrected chi connectivity index (χ0v) is 5.73. The number of thioether (sulfide) groups is 1. The molecule has 3 nitrogen and oxygen atoms in total. The number of hydrogen-bond acceptors (Lipinski definition) is 2. The van der Waals surface area contributed by atoms with Crippen molar-refractivity contribution in [3.63, 3.8) is 0 Å². The van der Waals surface area contributed by atoms with Gasteiger partial charge in [0.05, 0.1) is 0 Å². The second-order valence-corrected chi connectivity index (χ2v) is 2.76. The highest BCUT2D eigenvalue weighted by atomic mass is 32.2. The molecular formula is C5H8NO2S+. The molecule has 50 valence electrons. The van der Waals surface area contributed by atoms with Crippen LogP contribution in [0.2, 0.25) is 0 Å². The van der Waals surface area contributed by atoms with Crippen LogP contribution in [0.4, 0.5) is 4.79 Å². The van der Waals surface area contributed by atoms with E-state index in [4.69, 9.17) is 5.11 Å². The molecule has 0 saturated carbocycles. The van der Waals surface area contributed by atoms with Gasteiger partial charge in [0.2, 0.25) is 5.55 Å². The summed E-state index contributed by atoms with van der Waals surface area (Å²) < 4.78 is 1.31. The third-order valence-electron chi connectivity index (χ3n) is 1.11. The largest absolute Gasteiger partial charge is 0.594 e. The molecule has 9 heavy (non-hydrogen) atoms. The highest BCUT2D eigenvalue weighted by Crippen LogP contribution is 2.04. The summed E-state index contributed by atoms with van der Waals surface area (Å²) in [6.45, 7) is 0.655. The predicted molar refractivity (Wildman–Crippen MR) is 36.3 cm³/mol. The minimum absolute atomic E-state index is 0.655. The Morgan fingerprint density at radius 3 is 2.89 bits per heavy atom. The van der Waals surface area contributed by atoms with E-state index in [1.54, 1.807) is 17.3 Å². The Morgan fingerprint density at radius 1 is 1.78 bits per heavy atom. The van der Waals surface area contributed by atoms with Crippen LogP contribution in [0, 0.1) is 0 Å². The lowest BCUT2D eigenvalue weighted by atomic mass is 10.5. The standard InChI is InChI=1S/C5H7NO2S/c7-5(8)6-2-1-3-9-4-6/h4H,1-3H2/p+1. The molecule has 0 unspecified atom stereocenters. The van der Waals surface area contributed by atoms with Gasteiger partial charge in [-0.2, -0.15) is 4.79 Å². The van der Waals surface area contributed by atoms with Crippen LogP contribution in [0.5, 0.6) is 0 Å². The number of carboxylic acid groups (broad SMARTS) is 1. The van der Waals surface area contributed by atoms with Crippen LogP contribution < -0.4 is 0 Å². The Labute approximate surface area is 57.4 Å². The molecule has 1 N–H and O–H groups in total. The summed E-state index contributed by atoms with van der Waals surface area (Å²) in [7, 11) is 0. The van der Waals surface area contributed by atoms with E-state index < -0.39 is 6.09 Å². The summed E-state index contributed by atoms with van der Waals surface area (Å²) in [6, 6.07) is 0. The molecular weight excluding hydrogens is 138 g/mol. The predicted octanol–water partition coefficient (Wildman–Crippen LogP) is 0.842. The Balaban J connectivity index is 2.57. The van der Waals surface area contributed by atoms with Crippen LogP contribution in [-0.2, 0) is 0 Å². The lowest BCUT2D eigenvalue weighted by Gasteiger charge is -2.00. The molecule has 1 aliphatic rings. The third-order valence-corrected chi connectivity index (χ3v) is 2.04. The van der Waals surface area contributed by atoms with Crippen LogP contribution in [-0.4, -0.2) is 33.6 Å². The fraction of sp³-hybridized carbons (Fsp3) is 0.600. The molecule has 0 radical (unpaired) electrons. The zero-order chi connectivity index (χ0) is 6.69. The second-order valence-electron chi connectivity index (χ2n) is 1.81. The molecule has 0 aromatic carbocycles. The lowest BCUT2D eigenvalue weighted by molar-refractivity contribution is -0.437. The molecule has 4 heteroatoms. The van der Waals surface area contributed by atoms with Crippen LogP contribution in [0.15, 0.2) is 0 Å². The van der Waals surface area contributed by atoms with Gasteiger partial charge in [0.1, 0.15) is 0 Å². The van der Waals surface area contributed by atoms with E-state index in [-0.39, 0.29) is 0 Å². The quantitative estimate of drug-likeness (QED) is 0.515. The summed E-state index contributed by atoms with van der Waals surface area (Å²) >= 11 is 1.55. The van der Waals surface area contributed by atoms with Crippen molar-refractivity contribution < 1.29 is 14.5 Å². The average Bonchev–Trinajstić information content (AvgIpc) is 1.90. The van der Waals surface area contributed by atoms with Gasteiger partial charge >= 0.3 is 6.09 Å². The molecule has 1 rings (SSSR count). The molecule has 0 aliphatic carbocycles. The summed E-state index contributed by atoms with van der Waals surface area (Å²) in [4.78, 5) is 10.2. The van der Waals surface area contributed by atoms with E-state index >= 15 is 0 Å². The fourth-order valence-corrected chi connectivity index (χ4v) is 1.43. The minimum atomic E-state index is -0.845. The Bertz CT molecular complexity index is 155. The Kier molecular flexibility index (Phi) is 2.10. The van der Waals surface area contributed by atoms with Crippen molar-refractivity contribution in [2.24, 2.45) is 0 Å². The maximum Gasteiger partial charge on any atom is 0.594 e. The molecule has 0 saturated heterocycles. The summed E-state index contributed by atoms with van der Waals surface area (Å²) in [5, 5.41) is 8.42. The molecule has 1 aliphatic heterocycles. The first-order chi connectivity index (χ1) is 4.30. The van der Waals surface area contributed by atoms with Gasteiger partial charge in [-0.05, 0) is 0 Å². The number of amides is 1. The van der Waals surface area contributed by atoms with Crippen molar-refractivity contribution >= 4 is 23.4 Å². The SMILES string of the molecule is O=C(O)[N+]1=CSCCC1. The summed E-state index contributed by atoms with van der Waals surface area (Å²) in [6.07, 6.45) is 0.121. The highest BCUT2D eigenvalue weighted by Gasteiger charge is 2.17. The fourth-order valence-electron chi connectivity index (χ4n) is 0.654. The summed E-state index contributed by atoms with van der Waals surface area (Å²) in [5.74, 6) is 1.05. The van der Waals surface area contributed by atoms with E-state index in [1.807, 2.05) is 0 Å². The third kappa shape index (κ3) is 1.71.